The van der Waals surface area contributed by atoms with Gasteiger partial charge < -0.3 is 15.5 Å². The lowest BCUT2D eigenvalue weighted by molar-refractivity contribution is -0.131. The van der Waals surface area contributed by atoms with E-state index < -0.39 is 0 Å². The van der Waals surface area contributed by atoms with Crippen molar-refractivity contribution in [3.8, 4) is 0 Å². The summed E-state index contributed by atoms with van der Waals surface area (Å²) in [6, 6.07) is 0. The number of rotatable bonds is 4. The summed E-state index contributed by atoms with van der Waals surface area (Å²) in [5.41, 5.74) is 5.41. The molecular formula is C12H21ClN4OS. The molecule has 0 radical (unpaired) electrons. The molecule has 0 saturated carbocycles. The maximum absolute atomic E-state index is 11.7. The first-order valence-corrected chi connectivity index (χ1v) is 7.23. The monoisotopic (exact) mass is 304 g/mol. The fourth-order valence-electron chi connectivity index (χ4n) is 2.04. The highest BCUT2D eigenvalue weighted by Gasteiger charge is 2.22. The molecule has 0 aromatic carbocycles. The fourth-order valence-corrected chi connectivity index (χ4v) is 2.94. The third kappa shape index (κ3) is 4.06. The molecule has 1 aliphatic heterocycles. The number of anilines is 1. The Labute approximate surface area is 124 Å². The highest BCUT2D eigenvalue weighted by Crippen LogP contribution is 2.23. The summed E-state index contributed by atoms with van der Waals surface area (Å²) >= 11 is 1.75. The summed E-state index contributed by atoms with van der Waals surface area (Å²) in [5, 5.41) is 1.08. The van der Waals surface area contributed by atoms with Crippen molar-refractivity contribution in [2.75, 3.05) is 37.6 Å². The average Bonchev–Trinajstić information content (AvgIpc) is 2.88. The molecule has 0 spiro atoms. The number of amides is 1. The van der Waals surface area contributed by atoms with Crippen LogP contribution in [0.25, 0.3) is 0 Å². The van der Waals surface area contributed by atoms with Crippen LogP contribution in [-0.4, -0.2) is 48.5 Å². The smallest absolute Gasteiger partial charge is 0.223 e. The van der Waals surface area contributed by atoms with Gasteiger partial charge in [-0.05, 0) is 6.42 Å². The molecule has 0 bridgehead atoms. The Hall–Kier alpha value is -0.850. The Morgan fingerprint density at radius 1 is 1.42 bits per heavy atom. The van der Waals surface area contributed by atoms with Gasteiger partial charge in [-0.3, -0.25) is 4.79 Å². The number of piperazine rings is 1. The van der Waals surface area contributed by atoms with Crippen molar-refractivity contribution in [2.45, 2.75) is 19.8 Å². The second kappa shape index (κ2) is 7.67. The van der Waals surface area contributed by atoms with E-state index in [0.717, 1.165) is 37.7 Å². The highest BCUT2D eigenvalue weighted by atomic mass is 35.5. The molecule has 1 amide bonds. The zero-order valence-corrected chi connectivity index (χ0v) is 12.8. The van der Waals surface area contributed by atoms with Gasteiger partial charge in [0, 0.05) is 50.2 Å². The molecule has 1 aromatic heterocycles. The number of aromatic nitrogens is 1. The molecule has 108 valence electrons. The SMILES string of the molecule is CCc1cnc(N2CCN(C(=O)CCN)CC2)s1.Cl. The Morgan fingerprint density at radius 3 is 2.63 bits per heavy atom. The summed E-state index contributed by atoms with van der Waals surface area (Å²) in [7, 11) is 0. The van der Waals surface area contributed by atoms with Crippen molar-refractivity contribution in [1.82, 2.24) is 9.88 Å². The van der Waals surface area contributed by atoms with Crippen LogP contribution in [0.3, 0.4) is 0 Å². The van der Waals surface area contributed by atoms with Crippen LogP contribution >= 0.6 is 23.7 Å². The molecule has 1 saturated heterocycles. The van der Waals surface area contributed by atoms with Crippen molar-refractivity contribution in [2.24, 2.45) is 5.73 Å². The van der Waals surface area contributed by atoms with E-state index >= 15 is 0 Å². The standard InChI is InChI=1S/C12H20N4OS.ClH/c1-2-10-9-14-12(18-10)16-7-5-15(6-8-16)11(17)3-4-13;/h9H,2-8,13H2,1H3;1H. The third-order valence-corrected chi connectivity index (χ3v) is 4.35. The number of halogens is 1. The summed E-state index contributed by atoms with van der Waals surface area (Å²) < 4.78 is 0. The molecule has 0 atom stereocenters. The van der Waals surface area contributed by atoms with Crippen molar-refractivity contribution >= 4 is 34.8 Å². The molecule has 5 nitrogen and oxygen atoms in total. The topological polar surface area (TPSA) is 62.5 Å². The molecule has 0 aliphatic carbocycles. The molecule has 2 N–H and O–H groups in total. The second-order valence-corrected chi connectivity index (χ2v) is 5.46. The van der Waals surface area contributed by atoms with E-state index in [9.17, 15) is 4.79 Å². The molecule has 19 heavy (non-hydrogen) atoms. The number of nitrogens with two attached hydrogens (primary N) is 1. The van der Waals surface area contributed by atoms with E-state index in [0.29, 0.717) is 13.0 Å². The maximum atomic E-state index is 11.7. The Bertz CT molecular complexity index is 404. The van der Waals surface area contributed by atoms with Crippen LogP contribution in [0.5, 0.6) is 0 Å². The molecule has 2 heterocycles. The quantitative estimate of drug-likeness (QED) is 0.905. The van der Waals surface area contributed by atoms with Gasteiger partial charge in [-0.1, -0.05) is 6.92 Å². The van der Waals surface area contributed by atoms with Crippen molar-refractivity contribution in [1.29, 1.82) is 0 Å². The van der Waals surface area contributed by atoms with Gasteiger partial charge in [-0.2, -0.15) is 0 Å². The van der Waals surface area contributed by atoms with Gasteiger partial charge in [0.05, 0.1) is 0 Å². The summed E-state index contributed by atoms with van der Waals surface area (Å²) in [6.45, 7) is 5.87. The van der Waals surface area contributed by atoms with Crippen LogP contribution in [0.2, 0.25) is 0 Å². The minimum atomic E-state index is 0. The van der Waals surface area contributed by atoms with Gasteiger partial charge in [-0.15, -0.1) is 23.7 Å². The number of carbonyl (C=O) groups is 1. The first-order chi connectivity index (χ1) is 8.74. The highest BCUT2D eigenvalue weighted by molar-refractivity contribution is 7.15. The summed E-state index contributed by atoms with van der Waals surface area (Å²) in [4.78, 5) is 21.6. The van der Waals surface area contributed by atoms with Gasteiger partial charge in [0.15, 0.2) is 5.13 Å². The number of hydrogen-bond donors (Lipinski definition) is 1. The van der Waals surface area contributed by atoms with E-state index in [-0.39, 0.29) is 18.3 Å². The van der Waals surface area contributed by atoms with E-state index in [1.54, 1.807) is 11.3 Å². The predicted octanol–water partition coefficient (Wildman–Crippen LogP) is 1.12. The van der Waals surface area contributed by atoms with E-state index in [2.05, 4.69) is 16.8 Å². The minimum Gasteiger partial charge on any atom is -0.345 e. The lowest BCUT2D eigenvalue weighted by Crippen LogP contribution is -2.49. The second-order valence-electron chi connectivity index (χ2n) is 4.37. The van der Waals surface area contributed by atoms with Crippen molar-refractivity contribution in [3.63, 3.8) is 0 Å². The number of carbonyl (C=O) groups excluding carboxylic acids is 1. The van der Waals surface area contributed by atoms with Gasteiger partial charge in [0.25, 0.3) is 0 Å². The lowest BCUT2D eigenvalue weighted by atomic mass is 10.3. The van der Waals surface area contributed by atoms with Crippen LogP contribution < -0.4 is 10.6 Å². The largest absolute Gasteiger partial charge is 0.345 e. The number of nitrogens with zero attached hydrogens (tertiary/aromatic N) is 3. The zero-order valence-electron chi connectivity index (χ0n) is 11.2. The summed E-state index contributed by atoms with van der Waals surface area (Å²) in [6.07, 6.45) is 3.44. The Balaban J connectivity index is 0.00000180. The first kappa shape index (κ1) is 16.2. The Kier molecular flexibility index (Phi) is 6.54. The molecule has 1 aliphatic rings. The van der Waals surface area contributed by atoms with Crippen LogP contribution in [0, 0.1) is 0 Å². The van der Waals surface area contributed by atoms with Crippen LogP contribution in [-0.2, 0) is 11.2 Å². The summed E-state index contributed by atoms with van der Waals surface area (Å²) in [5.74, 6) is 0.172. The van der Waals surface area contributed by atoms with Gasteiger partial charge in [0.2, 0.25) is 5.91 Å². The van der Waals surface area contributed by atoms with E-state index in [1.165, 1.54) is 4.88 Å². The fraction of sp³-hybridized carbons (Fsp3) is 0.667. The van der Waals surface area contributed by atoms with Crippen LogP contribution in [0.4, 0.5) is 5.13 Å². The van der Waals surface area contributed by atoms with E-state index in [4.69, 9.17) is 5.73 Å². The molecule has 0 unspecified atom stereocenters. The maximum Gasteiger partial charge on any atom is 0.223 e. The number of hydrogen-bond acceptors (Lipinski definition) is 5. The first-order valence-electron chi connectivity index (χ1n) is 6.42. The van der Waals surface area contributed by atoms with Gasteiger partial charge in [-0.25, -0.2) is 4.98 Å². The van der Waals surface area contributed by atoms with Crippen LogP contribution in [0.1, 0.15) is 18.2 Å². The van der Waals surface area contributed by atoms with Crippen LogP contribution in [0.15, 0.2) is 6.20 Å². The minimum absolute atomic E-state index is 0. The predicted molar refractivity (Wildman–Crippen MR) is 81.2 cm³/mol. The van der Waals surface area contributed by atoms with Gasteiger partial charge in [0.1, 0.15) is 0 Å². The molecule has 7 heteroatoms. The van der Waals surface area contributed by atoms with E-state index in [1.807, 2.05) is 11.1 Å². The number of thiazole rings is 1. The zero-order chi connectivity index (χ0) is 13.0. The van der Waals surface area contributed by atoms with Crippen molar-refractivity contribution < 1.29 is 4.79 Å². The third-order valence-electron chi connectivity index (χ3n) is 3.15. The van der Waals surface area contributed by atoms with Crippen molar-refractivity contribution in [3.05, 3.63) is 11.1 Å². The number of aryl methyl sites for hydroxylation is 1. The average molecular weight is 305 g/mol. The Morgan fingerprint density at radius 2 is 2.11 bits per heavy atom. The molecule has 2 rings (SSSR count). The normalized spacial score (nSPS) is 15.3. The lowest BCUT2D eigenvalue weighted by Gasteiger charge is -2.34. The molecule has 1 fully saturated rings. The molecular weight excluding hydrogens is 284 g/mol. The molecule has 1 aromatic rings. The van der Waals surface area contributed by atoms with Gasteiger partial charge >= 0.3 is 0 Å².